The van der Waals surface area contributed by atoms with Crippen LogP contribution in [-0.4, -0.2) is 34.5 Å². The third kappa shape index (κ3) is 6.15. The Labute approximate surface area is 146 Å². The van der Waals surface area contributed by atoms with E-state index in [1.807, 2.05) is 37.3 Å². The molecule has 2 rings (SSSR count). The van der Waals surface area contributed by atoms with Crippen molar-refractivity contribution in [2.24, 2.45) is 0 Å². The Morgan fingerprint density at radius 3 is 2.60 bits per heavy atom. The molecule has 0 spiro atoms. The molecule has 0 unspecified atom stereocenters. The van der Waals surface area contributed by atoms with Gasteiger partial charge >= 0.3 is 11.4 Å². The SMILES string of the molecule is C[C@@H](CS(=O)(=O)CC/C=C\Cn1cnc(=O)[nH]c1=O)c1ccccc1. The van der Waals surface area contributed by atoms with Gasteiger partial charge in [0, 0.05) is 6.54 Å². The van der Waals surface area contributed by atoms with Crippen LogP contribution >= 0.6 is 0 Å². The summed E-state index contributed by atoms with van der Waals surface area (Å²) in [6.45, 7) is 2.13. The molecule has 1 aromatic heterocycles. The first kappa shape index (κ1) is 18.9. The summed E-state index contributed by atoms with van der Waals surface area (Å²) in [6, 6.07) is 9.55. The topological polar surface area (TPSA) is 102 Å². The maximum Gasteiger partial charge on any atom is 0.350 e. The third-order valence-corrected chi connectivity index (χ3v) is 5.59. The smallest absolute Gasteiger partial charge is 0.280 e. The lowest BCUT2D eigenvalue weighted by Gasteiger charge is -2.11. The second-order valence-corrected chi connectivity index (χ2v) is 8.05. The fraction of sp³-hybridized carbons (Fsp3) is 0.353. The number of H-pyrrole nitrogens is 1. The molecule has 0 fully saturated rings. The van der Waals surface area contributed by atoms with Gasteiger partial charge in [-0.15, -0.1) is 0 Å². The minimum atomic E-state index is -3.17. The molecule has 0 aliphatic carbocycles. The molecule has 1 atom stereocenters. The predicted octanol–water partition coefficient (Wildman–Crippen LogP) is 1.10. The van der Waals surface area contributed by atoms with Gasteiger partial charge in [-0.25, -0.2) is 18.0 Å². The summed E-state index contributed by atoms with van der Waals surface area (Å²) in [6.07, 6.45) is 4.92. The van der Waals surface area contributed by atoms with Crippen LogP contribution in [0.4, 0.5) is 0 Å². The average molecular weight is 363 g/mol. The first-order valence-corrected chi connectivity index (χ1v) is 9.75. The lowest BCUT2D eigenvalue weighted by Crippen LogP contribution is -2.30. The molecule has 8 heteroatoms. The van der Waals surface area contributed by atoms with E-state index >= 15 is 0 Å². The lowest BCUT2D eigenvalue weighted by atomic mass is 10.0. The molecule has 1 N–H and O–H groups in total. The molecule has 0 bridgehead atoms. The molecule has 0 aliphatic rings. The highest BCUT2D eigenvalue weighted by Crippen LogP contribution is 2.17. The Kier molecular flexibility index (Phi) is 6.46. The predicted molar refractivity (Wildman–Crippen MR) is 96.4 cm³/mol. The Morgan fingerprint density at radius 1 is 1.20 bits per heavy atom. The van der Waals surface area contributed by atoms with E-state index in [0.717, 1.165) is 11.9 Å². The summed E-state index contributed by atoms with van der Waals surface area (Å²) < 4.78 is 25.6. The van der Waals surface area contributed by atoms with E-state index in [-0.39, 0.29) is 24.0 Å². The quantitative estimate of drug-likeness (QED) is 0.708. The molecule has 0 saturated heterocycles. The van der Waals surface area contributed by atoms with Crippen molar-refractivity contribution in [1.82, 2.24) is 14.5 Å². The van der Waals surface area contributed by atoms with Gasteiger partial charge in [0.25, 0.3) is 0 Å². The van der Waals surface area contributed by atoms with Crippen LogP contribution in [-0.2, 0) is 16.4 Å². The van der Waals surface area contributed by atoms with Crippen molar-refractivity contribution in [3.8, 4) is 0 Å². The van der Waals surface area contributed by atoms with Crippen molar-refractivity contribution < 1.29 is 8.42 Å². The average Bonchev–Trinajstić information content (AvgIpc) is 2.56. The van der Waals surface area contributed by atoms with Crippen LogP contribution < -0.4 is 11.4 Å². The molecule has 2 aromatic rings. The monoisotopic (exact) mass is 363 g/mol. The van der Waals surface area contributed by atoms with Gasteiger partial charge in [-0.2, -0.15) is 4.98 Å². The number of hydrogen-bond acceptors (Lipinski definition) is 5. The van der Waals surface area contributed by atoms with E-state index in [0.29, 0.717) is 6.42 Å². The Hall–Kier alpha value is -2.48. The molecule has 0 radical (unpaired) electrons. The number of nitrogens with one attached hydrogen (secondary N) is 1. The van der Waals surface area contributed by atoms with Gasteiger partial charge in [0.1, 0.15) is 6.33 Å². The highest BCUT2D eigenvalue weighted by atomic mass is 32.2. The highest BCUT2D eigenvalue weighted by Gasteiger charge is 2.16. The highest BCUT2D eigenvalue weighted by molar-refractivity contribution is 7.91. The van der Waals surface area contributed by atoms with Crippen LogP contribution in [0.2, 0.25) is 0 Å². The lowest BCUT2D eigenvalue weighted by molar-refractivity contribution is 0.590. The largest absolute Gasteiger partial charge is 0.350 e. The van der Waals surface area contributed by atoms with Crippen LogP contribution in [0, 0.1) is 0 Å². The van der Waals surface area contributed by atoms with Crippen LogP contribution in [0.15, 0.2) is 58.4 Å². The number of benzene rings is 1. The zero-order valence-electron chi connectivity index (χ0n) is 14.0. The molecule has 1 heterocycles. The normalized spacial score (nSPS) is 13.2. The zero-order chi connectivity index (χ0) is 18.3. The van der Waals surface area contributed by atoms with Crippen molar-refractivity contribution in [2.45, 2.75) is 25.8 Å². The van der Waals surface area contributed by atoms with Gasteiger partial charge in [0.15, 0.2) is 9.84 Å². The van der Waals surface area contributed by atoms with Crippen LogP contribution in [0.5, 0.6) is 0 Å². The second kappa shape index (κ2) is 8.57. The number of sulfone groups is 1. The van der Waals surface area contributed by atoms with Gasteiger partial charge < -0.3 is 0 Å². The maximum absolute atomic E-state index is 12.2. The number of aromatic amines is 1. The minimum absolute atomic E-state index is 0.0547. The first-order chi connectivity index (χ1) is 11.9. The van der Waals surface area contributed by atoms with E-state index < -0.39 is 21.2 Å². The molecule has 0 amide bonds. The molecule has 0 saturated carbocycles. The summed E-state index contributed by atoms with van der Waals surface area (Å²) in [5, 5.41) is 0. The van der Waals surface area contributed by atoms with Crippen molar-refractivity contribution in [1.29, 1.82) is 0 Å². The van der Waals surface area contributed by atoms with Crippen molar-refractivity contribution in [2.75, 3.05) is 11.5 Å². The number of rotatable bonds is 8. The molecule has 134 valence electrons. The number of aromatic nitrogens is 3. The fourth-order valence-corrected chi connectivity index (χ4v) is 4.01. The Bertz CT molecular complexity index is 930. The van der Waals surface area contributed by atoms with Gasteiger partial charge in [-0.05, 0) is 17.9 Å². The van der Waals surface area contributed by atoms with Crippen molar-refractivity contribution in [3.05, 3.63) is 75.3 Å². The zero-order valence-corrected chi connectivity index (χ0v) is 14.8. The summed E-state index contributed by atoms with van der Waals surface area (Å²) in [7, 11) is -3.17. The summed E-state index contributed by atoms with van der Waals surface area (Å²) in [5.41, 5.74) is -0.232. The number of allylic oxidation sites excluding steroid dienone is 2. The minimum Gasteiger partial charge on any atom is -0.280 e. The van der Waals surface area contributed by atoms with Gasteiger partial charge in [-0.3, -0.25) is 9.55 Å². The van der Waals surface area contributed by atoms with E-state index in [1.165, 1.54) is 4.57 Å². The second-order valence-electron chi connectivity index (χ2n) is 5.82. The van der Waals surface area contributed by atoms with Gasteiger partial charge in [0.2, 0.25) is 0 Å². The summed E-state index contributed by atoms with van der Waals surface area (Å²) in [5.74, 6) is 0.106. The standard InChI is InChI=1S/C17H21N3O4S/c1-14(15-8-4-2-5-9-15)12-25(23,24)11-7-3-6-10-20-13-18-16(21)19-17(20)22/h2-6,8-9,13-14H,7,10-12H2,1H3,(H,19,21,22)/b6-3-/t14-/m0/s1. The molecule has 25 heavy (non-hydrogen) atoms. The third-order valence-electron chi connectivity index (χ3n) is 3.73. The van der Waals surface area contributed by atoms with E-state index in [1.54, 1.807) is 12.2 Å². The van der Waals surface area contributed by atoms with E-state index in [2.05, 4.69) is 9.97 Å². The van der Waals surface area contributed by atoms with Gasteiger partial charge in [-0.1, -0.05) is 49.4 Å². The summed E-state index contributed by atoms with van der Waals surface area (Å²) >= 11 is 0. The maximum atomic E-state index is 12.2. The number of nitrogens with zero attached hydrogens (tertiary/aromatic N) is 2. The number of hydrogen-bond donors (Lipinski definition) is 1. The van der Waals surface area contributed by atoms with Crippen LogP contribution in [0.1, 0.15) is 24.8 Å². The molecule has 0 aliphatic heterocycles. The Balaban J connectivity index is 1.83. The van der Waals surface area contributed by atoms with E-state index in [9.17, 15) is 18.0 Å². The van der Waals surface area contributed by atoms with E-state index in [4.69, 9.17) is 0 Å². The fourth-order valence-electron chi connectivity index (χ4n) is 2.40. The van der Waals surface area contributed by atoms with Crippen LogP contribution in [0.3, 0.4) is 0 Å². The molecular weight excluding hydrogens is 342 g/mol. The molecule has 1 aromatic carbocycles. The van der Waals surface area contributed by atoms with Gasteiger partial charge in [0.05, 0.1) is 11.5 Å². The van der Waals surface area contributed by atoms with Crippen LogP contribution in [0.25, 0.3) is 0 Å². The Morgan fingerprint density at radius 2 is 1.92 bits per heavy atom. The molecule has 7 nitrogen and oxygen atoms in total. The van der Waals surface area contributed by atoms with Crippen molar-refractivity contribution in [3.63, 3.8) is 0 Å². The summed E-state index contributed by atoms with van der Waals surface area (Å²) in [4.78, 5) is 27.8. The molecular formula is C17H21N3O4S. The first-order valence-electron chi connectivity index (χ1n) is 7.93. The van der Waals surface area contributed by atoms with Crippen molar-refractivity contribution >= 4 is 9.84 Å².